The first-order chi connectivity index (χ1) is 17.4. The summed E-state index contributed by atoms with van der Waals surface area (Å²) in [4.78, 5) is 28.0. The Bertz CT molecular complexity index is 1210. The first-order valence-electron chi connectivity index (χ1n) is 11.6. The number of anilines is 1. The Morgan fingerprint density at radius 2 is 1.89 bits per heavy atom. The third-order valence-corrected chi connectivity index (χ3v) is 7.17. The number of ether oxygens (including phenoxy) is 2. The van der Waals surface area contributed by atoms with Crippen molar-refractivity contribution in [2.75, 3.05) is 37.5 Å². The number of rotatable bonds is 13. The molecule has 0 aliphatic carbocycles. The molecule has 2 N–H and O–H groups in total. The highest BCUT2D eigenvalue weighted by Gasteiger charge is 2.13. The zero-order valence-corrected chi connectivity index (χ0v) is 22.2. The van der Waals surface area contributed by atoms with E-state index in [0.717, 1.165) is 52.6 Å². The molecule has 36 heavy (non-hydrogen) atoms. The van der Waals surface area contributed by atoms with Gasteiger partial charge in [0.25, 0.3) is 0 Å². The number of carbonyl (C=O) groups is 2. The smallest absolute Gasteiger partial charge is 0.230 e. The highest BCUT2D eigenvalue weighted by Crippen LogP contribution is 2.38. The molecule has 0 saturated carbocycles. The fourth-order valence-electron chi connectivity index (χ4n) is 3.38. The molecule has 10 heteroatoms. The molecule has 3 aromatic rings. The Morgan fingerprint density at radius 1 is 1.06 bits per heavy atom. The number of nitrogens with one attached hydrogen (secondary N) is 2. The van der Waals surface area contributed by atoms with Gasteiger partial charge in [-0.1, -0.05) is 18.2 Å². The maximum absolute atomic E-state index is 14.4. The van der Waals surface area contributed by atoms with E-state index in [4.69, 9.17) is 9.47 Å². The number of carbonyl (C=O) groups excluding carboxylic acids is 2. The van der Waals surface area contributed by atoms with Crippen LogP contribution in [-0.2, 0) is 9.59 Å². The van der Waals surface area contributed by atoms with Crippen LogP contribution in [0.15, 0.2) is 47.5 Å². The summed E-state index contributed by atoms with van der Waals surface area (Å²) in [5, 5.41) is 6.41. The number of unbranched alkanes of at least 4 members (excludes halogenated alkanes) is 2. The first kappa shape index (κ1) is 27.6. The van der Waals surface area contributed by atoms with Gasteiger partial charge in [-0.15, -0.1) is 11.8 Å². The summed E-state index contributed by atoms with van der Waals surface area (Å²) in [6.45, 7) is 2.06. The molecule has 7 nitrogen and oxygen atoms in total. The average molecular weight is 532 g/mol. The molecule has 0 bridgehead atoms. The van der Waals surface area contributed by atoms with Crippen LogP contribution in [0.1, 0.15) is 26.2 Å². The van der Waals surface area contributed by atoms with E-state index in [1.807, 2.05) is 12.1 Å². The number of benzene rings is 2. The van der Waals surface area contributed by atoms with Crippen LogP contribution in [0, 0.1) is 5.82 Å². The average Bonchev–Trinajstić information content (AvgIpc) is 2.87. The number of halogens is 1. The Hall–Kier alpha value is -2.98. The van der Waals surface area contributed by atoms with Crippen LogP contribution < -0.4 is 20.1 Å². The van der Waals surface area contributed by atoms with Crippen molar-refractivity contribution in [1.82, 2.24) is 10.3 Å². The minimum absolute atomic E-state index is 0.0568. The summed E-state index contributed by atoms with van der Waals surface area (Å²) in [6.07, 6.45) is 4.46. The van der Waals surface area contributed by atoms with Gasteiger partial charge in [-0.3, -0.25) is 14.6 Å². The maximum atomic E-state index is 14.4. The van der Waals surface area contributed by atoms with Crippen LogP contribution in [0.5, 0.6) is 17.2 Å². The fraction of sp³-hybridized carbons (Fsp3) is 0.346. The van der Waals surface area contributed by atoms with E-state index in [1.165, 1.54) is 13.0 Å². The standard InChI is InChI=1S/C26H30FN3O4S2/c1-17(31)36-16-26(32)30-10-5-4-6-12-35-25-15-21-19(14-24(25)33-3)22(9-11-29-21)34-23-8-7-18(28-2)13-20(23)27/h7-9,11,13-15,28H,4-6,10,12,16H2,1-3H3,(H,30,32). The van der Waals surface area contributed by atoms with Crippen LogP contribution in [0.4, 0.5) is 10.1 Å². The predicted molar refractivity (Wildman–Crippen MR) is 145 cm³/mol. The molecule has 0 atom stereocenters. The van der Waals surface area contributed by atoms with Gasteiger partial charge in [-0.05, 0) is 48.9 Å². The van der Waals surface area contributed by atoms with Gasteiger partial charge in [-0.2, -0.15) is 0 Å². The third kappa shape index (κ3) is 8.03. The van der Waals surface area contributed by atoms with Gasteiger partial charge in [-0.25, -0.2) is 4.39 Å². The highest BCUT2D eigenvalue weighted by molar-refractivity contribution is 8.14. The number of amides is 1. The molecule has 192 valence electrons. The number of hydrogen-bond donors (Lipinski definition) is 2. The van der Waals surface area contributed by atoms with Gasteiger partial charge in [0, 0.05) is 43.9 Å². The summed E-state index contributed by atoms with van der Waals surface area (Å²) >= 11 is 2.70. The number of pyridine rings is 1. The van der Waals surface area contributed by atoms with Crippen molar-refractivity contribution in [3.05, 3.63) is 48.4 Å². The van der Waals surface area contributed by atoms with Crippen LogP contribution >= 0.6 is 23.5 Å². The van der Waals surface area contributed by atoms with Gasteiger partial charge in [0.15, 0.2) is 16.7 Å². The number of hydrogen-bond acceptors (Lipinski definition) is 8. The van der Waals surface area contributed by atoms with E-state index in [-0.39, 0.29) is 22.5 Å². The monoisotopic (exact) mass is 531 g/mol. The molecular formula is C26H30FN3O4S2. The zero-order valence-electron chi connectivity index (χ0n) is 20.6. The lowest BCUT2D eigenvalue weighted by molar-refractivity contribution is -0.118. The summed E-state index contributed by atoms with van der Waals surface area (Å²) < 4.78 is 25.9. The molecular weight excluding hydrogens is 501 g/mol. The van der Waals surface area contributed by atoms with Crippen LogP contribution in [0.2, 0.25) is 0 Å². The highest BCUT2D eigenvalue weighted by atomic mass is 32.2. The Morgan fingerprint density at radius 3 is 2.61 bits per heavy atom. The minimum atomic E-state index is -0.458. The zero-order chi connectivity index (χ0) is 25.9. The van der Waals surface area contributed by atoms with Crippen molar-refractivity contribution >= 4 is 51.1 Å². The number of thioether (sulfide) groups is 2. The summed E-state index contributed by atoms with van der Waals surface area (Å²) in [5.41, 5.74) is 1.39. The van der Waals surface area contributed by atoms with E-state index < -0.39 is 5.82 Å². The van der Waals surface area contributed by atoms with Crippen molar-refractivity contribution in [2.24, 2.45) is 0 Å². The van der Waals surface area contributed by atoms with Crippen molar-refractivity contribution < 1.29 is 23.5 Å². The molecule has 0 aliphatic rings. The van der Waals surface area contributed by atoms with Gasteiger partial charge in [0.2, 0.25) is 5.91 Å². The molecule has 2 aromatic carbocycles. The molecule has 0 unspecified atom stereocenters. The van der Waals surface area contributed by atoms with Gasteiger partial charge in [0.05, 0.1) is 23.3 Å². The van der Waals surface area contributed by atoms with Crippen molar-refractivity contribution in [2.45, 2.75) is 31.1 Å². The molecule has 3 rings (SSSR count). The lowest BCUT2D eigenvalue weighted by Crippen LogP contribution is -2.26. The van der Waals surface area contributed by atoms with Crippen LogP contribution in [0.3, 0.4) is 0 Å². The Kier molecular flexibility index (Phi) is 10.7. The van der Waals surface area contributed by atoms with E-state index in [2.05, 4.69) is 15.6 Å². The van der Waals surface area contributed by atoms with Crippen LogP contribution in [-0.4, -0.2) is 48.2 Å². The molecule has 1 amide bonds. The van der Waals surface area contributed by atoms with Crippen LogP contribution in [0.25, 0.3) is 10.9 Å². The first-order valence-corrected chi connectivity index (χ1v) is 13.5. The number of fused-ring (bicyclic) bond motifs is 1. The van der Waals surface area contributed by atoms with Crippen molar-refractivity contribution in [1.29, 1.82) is 0 Å². The molecule has 0 saturated heterocycles. The van der Waals surface area contributed by atoms with Gasteiger partial charge in [0.1, 0.15) is 11.5 Å². The lowest BCUT2D eigenvalue weighted by Gasteiger charge is -2.13. The molecule has 0 radical (unpaired) electrons. The van der Waals surface area contributed by atoms with E-state index in [1.54, 1.807) is 50.3 Å². The molecule has 0 fully saturated rings. The number of nitrogens with zero attached hydrogens (tertiary/aromatic N) is 1. The molecule has 1 aromatic heterocycles. The second-order valence-electron chi connectivity index (χ2n) is 7.87. The topological polar surface area (TPSA) is 89.5 Å². The second kappa shape index (κ2) is 13.9. The Labute approximate surface area is 218 Å². The van der Waals surface area contributed by atoms with Gasteiger partial charge >= 0.3 is 0 Å². The van der Waals surface area contributed by atoms with Crippen molar-refractivity contribution in [3.8, 4) is 17.2 Å². The van der Waals surface area contributed by atoms with E-state index in [0.29, 0.717) is 23.7 Å². The van der Waals surface area contributed by atoms with E-state index in [9.17, 15) is 14.0 Å². The summed E-state index contributed by atoms with van der Waals surface area (Å²) in [5.74, 6) is 1.81. The quantitative estimate of drug-likeness (QED) is 0.209. The largest absolute Gasteiger partial charge is 0.496 e. The lowest BCUT2D eigenvalue weighted by atomic mass is 10.2. The normalized spacial score (nSPS) is 10.8. The SMILES string of the molecule is CNc1ccc(Oc2ccnc3cc(SCCCCCNC(=O)CSC(C)=O)c(OC)cc23)c(F)c1. The second-order valence-corrected chi connectivity index (χ2v) is 10.2. The third-order valence-electron chi connectivity index (χ3n) is 5.23. The number of aromatic nitrogens is 1. The summed E-state index contributed by atoms with van der Waals surface area (Å²) in [6, 6.07) is 10.3. The van der Waals surface area contributed by atoms with Crippen molar-refractivity contribution in [3.63, 3.8) is 0 Å². The molecule has 0 spiro atoms. The fourth-order valence-corrected chi connectivity index (χ4v) is 4.86. The minimum Gasteiger partial charge on any atom is -0.496 e. The summed E-state index contributed by atoms with van der Waals surface area (Å²) in [7, 11) is 3.35. The maximum Gasteiger partial charge on any atom is 0.230 e. The molecule has 1 heterocycles. The Balaban J connectivity index is 1.57. The molecule has 0 aliphatic heterocycles. The number of methoxy groups -OCH3 is 1. The van der Waals surface area contributed by atoms with E-state index >= 15 is 0 Å². The van der Waals surface area contributed by atoms with Gasteiger partial charge < -0.3 is 20.1 Å². The predicted octanol–water partition coefficient (Wildman–Crippen LogP) is 5.87.